The highest BCUT2D eigenvalue weighted by Crippen LogP contribution is 2.19. The Balaban J connectivity index is 3.04. The lowest BCUT2D eigenvalue weighted by molar-refractivity contribution is -0.133. The molecule has 0 radical (unpaired) electrons. The van der Waals surface area contributed by atoms with Crippen molar-refractivity contribution in [2.75, 3.05) is 18.6 Å². The second-order valence-electron chi connectivity index (χ2n) is 14.6. The maximum Gasteiger partial charge on any atom is 0.242 e. The molecule has 1 rings (SSSR count). The molecule has 12 heteroatoms. The predicted molar refractivity (Wildman–Crippen MR) is 191 cm³/mol. The molecule has 1 unspecified atom stereocenters. The van der Waals surface area contributed by atoms with Crippen LogP contribution < -0.4 is 21.3 Å². The van der Waals surface area contributed by atoms with Gasteiger partial charge in [0.2, 0.25) is 23.6 Å². The molecule has 0 aromatic carbocycles. The molecule has 0 aliphatic heterocycles. The normalized spacial score (nSPS) is 15.7. The molecule has 4 amide bonds. The van der Waals surface area contributed by atoms with Crippen molar-refractivity contribution in [2.45, 2.75) is 126 Å². The van der Waals surface area contributed by atoms with E-state index in [2.05, 4.69) is 26.4 Å². The van der Waals surface area contributed by atoms with Crippen LogP contribution in [0.2, 0.25) is 0 Å². The number of rotatable bonds is 21. The summed E-state index contributed by atoms with van der Waals surface area (Å²) in [6.45, 7) is 22.3. The van der Waals surface area contributed by atoms with Crippen LogP contribution in [-0.2, 0) is 25.7 Å². The van der Waals surface area contributed by atoms with Gasteiger partial charge in [-0.3, -0.25) is 23.9 Å². The first kappa shape index (κ1) is 42.4. The molecule has 11 nitrogen and oxygen atoms in total. The third-order valence-corrected chi connectivity index (χ3v) is 8.99. The van der Waals surface area contributed by atoms with Gasteiger partial charge in [0, 0.05) is 18.2 Å². The number of nitrogens with zero attached hydrogens (tertiary/aromatic N) is 2. The molecule has 5 N–H and O–H groups in total. The largest absolute Gasteiger partial charge is 0.391 e. The van der Waals surface area contributed by atoms with Gasteiger partial charge < -0.3 is 26.4 Å². The monoisotopic (exact) mass is 680 g/mol. The van der Waals surface area contributed by atoms with Crippen molar-refractivity contribution in [2.24, 2.45) is 35.5 Å². The van der Waals surface area contributed by atoms with Gasteiger partial charge >= 0.3 is 0 Å². The van der Waals surface area contributed by atoms with Crippen LogP contribution in [0.5, 0.6) is 0 Å². The van der Waals surface area contributed by atoms with Crippen LogP contribution in [0.4, 0.5) is 0 Å². The first-order valence-electron chi connectivity index (χ1n) is 17.2. The zero-order valence-corrected chi connectivity index (χ0v) is 31.8. The van der Waals surface area contributed by atoms with E-state index >= 15 is 0 Å². The lowest BCUT2D eigenvalue weighted by Gasteiger charge is -2.30. The number of thioether (sulfide) groups is 1. The highest BCUT2D eigenvalue weighted by molar-refractivity contribution is 7.98. The molecule has 1 aromatic rings. The second-order valence-corrected chi connectivity index (χ2v) is 15.6. The van der Waals surface area contributed by atoms with Crippen LogP contribution in [0.1, 0.15) is 93.0 Å². The van der Waals surface area contributed by atoms with Crippen molar-refractivity contribution in [1.82, 2.24) is 31.0 Å². The second kappa shape index (κ2) is 20.7. The Labute approximate surface area is 287 Å². The summed E-state index contributed by atoms with van der Waals surface area (Å²) < 4.78 is 1.84. The summed E-state index contributed by atoms with van der Waals surface area (Å²) >= 11 is 1.59. The average Bonchev–Trinajstić information content (AvgIpc) is 3.29. The highest BCUT2D eigenvalue weighted by atomic mass is 32.2. The van der Waals surface area contributed by atoms with Gasteiger partial charge in [0.25, 0.3) is 0 Å². The van der Waals surface area contributed by atoms with Crippen LogP contribution in [0.25, 0.3) is 0 Å². The van der Waals surface area contributed by atoms with E-state index in [1.807, 2.05) is 86.2 Å². The van der Waals surface area contributed by atoms with Crippen LogP contribution in [0.15, 0.2) is 6.07 Å². The van der Waals surface area contributed by atoms with Crippen molar-refractivity contribution in [3.63, 3.8) is 0 Å². The number of carbonyl (C=O) groups excluding carboxylic acids is 4. The van der Waals surface area contributed by atoms with E-state index < -0.39 is 36.1 Å². The fourth-order valence-electron chi connectivity index (χ4n) is 5.41. The third-order valence-electron chi connectivity index (χ3n) is 8.35. The van der Waals surface area contributed by atoms with Crippen LogP contribution in [-0.4, -0.2) is 81.3 Å². The predicted octanol–water partition coefficient (Wildman–Crippen LogP) is 3.84. The van der Waals surface area contributed by atoms with Crippen molar-refractivity contribution in [1.29, 1.82) is 0 Å². The number of nitrogens with one attached hydrogen (secondary N) is 4. The van der Waals surface area contributed by atoms with Crippen LogP contribution >= 0.6 is 11.8 Å². The van der Waals surface area contributed by atoms with E-state index in [-0.39, 0.29) is 53.7 Å². The number of aliphatic hydroxyl groups is 1. The number of carbonyl (C=O) groups is 4. The van der Waals surface area contributed by atoms with E-state index in [4.69, 9.17) is 0 Å². The summed E-state index contributed by atoms with van der Waals surface area (Å²) in [6, 6.07) is -0.126. The van der Waals surface area contributed by atoms with Gasteiger partial charge in [0.1, 0.15) is 12.1 Å². The van der Waals surface area contributed by atoms with E-state index in [9.17, 15) is 24.3 Å². The lowest BCUT2D eigenvalue weighted by atomic mass is 9.91. The molecule has 0 saturated heterocycles. The first-order valence-corrected chi connectivity index (χ1v) is 18.6. The fraction of sp³-hybridized carbons (Fsp3) is 0.800. The maximum absolute atomic E-state index is 13.7. The van der Waals surface area contributed by atoms with Gasteiger partial charge in [-0.05, 0) is 74.9 Å². The lowest BCUT2D eigenvalue weighted by Crippen LogP contribution is -2.55. The van der Waals surface area contributed by atoms with Crippen molar-refractivity contribution in [3.8, 4) is 0 Å². The number of hydrogen-bond acceptors (Lipinski definition) is 7. The number of hydrogen-bond donors (Lipinski definition) is 5. The fourth-order valence-corrected chi connectivity index (χ4v) is 5.88. The van der Waals surface area contributed by atoms with E-state index in [1.54, 1.807) is 18.7 Å². The minimum atomic E-state index is -1.01. The Morgan fingerprint density at radius 3 is 1.96 bits per heavy atom. The van der Waals surface area contributed by atoms with Gasteiger partial charge in [-0.25, -0.2) is 0 Å². The van der Waals surface area contributed by atoms with Crippen molar-refractivity contribution < 1.29 is 24.3 Å². The van der Waals surface area contributed by atoms with Crippen molar-refractivity contribution >= 4 is 35.4 Å². The molecule has 1 aromatic heterocycles. The molecular formula is C35H64N6O5S. The SMILES string of the molecule is CSCC[C@H](NC(=O)C(Cn1nc(C)cc1C)C(C)C)C(=O)N[C@@H](CC(C)C)[C@@H](O)C[C@@H](C)C(=O)N[C@H](C(=O)NCC(C)C)C(C)C. The van der Waals surface area contributed by atoms with Gasteiger partial charge in [0.15, 0.2) is 0 Å². The molecule has 0 aliphatic rings. The average molecular weight is 681 g/mol. The first-order chi connectivity index (χ1) is 21.9. The minimum Gasteiger partial charge on any atom is -0.391 e. The molecule has 270 valence electrons. The highest BCUT2D eigenvalue weighted by Gasteiger charge is 2.33. The minimum absolute atomic E-state index is 0.0166. The summed E-state index contributed by atoms with van der Waals surface area (Å²) in [5, 5.41) is 27.6. The van der Waals surface area contributed by atoms with E-state index in [0.717, 1.165) is 11.4 Å². The molecule has 47 heavy (non-hydrogen) atoms. The van der Waals surface area contributed by atoms with Gasteiger partial charge in [0.05, 0.1) is 30.3 Å². The number of amides is 4. The molecule has 6 atom stereocenters. The topological polar surface area (TPSA) is 154 Å². The van der Waals surface area contributed by atoms with Crippen LogP contribution in [0, 0.1) is 49.4 Å². The molecule has 0 saturated carbocycles. The quantitative estimate of drug-likeness (QED) is 0.132. The standard InChI is InChI=1S/C35H64N6O5S/c1-20(2)15-29(30(42)16-24(9)32(43)39-31(23(7)8)35(46)36-18-21(3)4)38-34(45)28(13-14-47-12)37-33(44)27(22(5)6)19-41-26(11)17-25(10)40-41/h17,20-24,27-31,42H,13-16,18-19H2,1-12H3,(H,36,46)(H,37,44)(H,38,45)(H,39,43)/t24-,27?,28+,29+,30+,31+/m1/s1. The molecule has 0 fully saturated rings. The van der Waals surface area contributed by atoms with Gasteiger partial charge in [-0.1, -0.05) is 62.3 Å². The van der Waals surface area contributed by atoms with Crippen molar-refractivity contribution in [3.05, 3.63) is 17.5 Å². The molecular weight excluding hydrogens is 616 g/mol. The summed E-state index contributed by atoms with van der Waals surface area (Å²) in [6.07, 6.45) is 1.96. The summed E-state index contributed by atoms with van der Waals surface area (Å²) in [4.78, 5) is 53.3. The molecule has 0 bridgehead atoms. The zero-order chi connectivity index (χ0) is 36.0. The summed E-state index contributed by atoms with van der Waals surface area (Å²) in [7, 11) is 0. The van der Waals surface area contributed by atoms with Crippen LogP contribution in [0.3, 0.4) is 0 Å². The Kier molecular flexibility index (Phi) is 18.7. The number of aliphatic hydroxyl groups excluding tert-OH is 1. The Bertz CT molecular complexity index is 1140. The number of aromatic nitrogens is 2. The summed E-state index contributed by atoms with van der Waals surface area (Å²) in [5.74, 6) is -1.13. The van der Waals surface area contributed by atoms with E-state index in [0.29, 0.717) is 31.7 Å². The Morgan fingerprint density at radius 1 is 0.830 bits per heavy atom. The Morgan fingerprint density at radius 2 is 1.47 bits per heavy atom. The third kappa shape index (κ3) is 15.0. The molecule has 0 spiro atoms. The molecule has 0 aliphatic carbocycles. The smallest absolute Gasteiger partial charge is 0.242 e. The Hall–Kier alpha value is -2.60. The van der Waals surface area contributed by atoms with E-state index in [1.165, 1.54) is 0 Å². The van der Waals surface area contributed by atoms with Gasteiger partial charge in [-0.15, -0.1) is 0 Å². The maximum atomic E-state index is 13.7. The molecule has 1 heterocycles. The van der Waals surface area contributed by atoms with Gasteiger partial charge in [-0.2, -0.15) is 16.9 Å². The number of aryl methyl sites for hydroxylation is 2. The summed E-state index contributed by atoms with van der Waals surface area (Å²) in [5.41, 5.74) is 1.86. The zero-order valence-electron chi connectivity index (χ0n) is 31.0.